The molecule has 0 aromatic heterocycles. The van der Waals surface area contributed by atoms with Crippen molar-refractivity contribution in [2.75, 3.05) is 0 Å². The molecule has 0 spiro atoms. The minimum atomic E-state index is -4.84. The first kappa shape index (κ1) is 19.2. The Morgan fingerprint density at radius 2 is 0.960 bits per heavy atom. The molecular weight excluding hydrogens is 372 g/mol. The van der Waals surface area contributed by atoms with Crippen LogP contribution in [0.3, 0.4) is 0 Å². The predicted molar refractivity (Wildman–Crippen MR) is 85.7 cm³/mol. The molecule has 0 heterocycles. The van der Waals surface area contributed by atoms with Crippen LogP contribution in [0.2, 0.25) is 0 Å². The lowest BCUT2D eigenvalue weighted by molar-refractivity contribution is 0.370. The molecule has 2 aromatic carbocycles. The van der Waals surface area contributed by atoms with Crippen molar-refractivity contribution >= 4 is 20.8 Å². The van der Waals surface area contributed by atoms with Gasteiger partial charge in [0.2, 0.25) is 0 Å². The summed E-state index contributed by atoms with van der Waals surface area (Å²) in [7, 11) is -9.67. The van der Waals surface area contributed by atoms with E-state index in [1.165, 1.54) is 24.3 Å². The van der Waals surface area contributed by atoms with Crippen molar-refractivity contribution in [2.45, 2.75) is 19.3 Å². The normalized spacial score (nSPS) is 12.6. The van der Waals surface area contributed by atoms with E-state index in [1.54, 1.807) is 24.3 Å². The van der Waals surface area contributed by atoms with Crippen molar-refractivity contribution in [1.29, 1.82) is 0 Å². The van der Waals surface area contributed by atoms with Crippen molar-refractivity contribution in [3.05, 3.63) is 59.7 Å². The zero-order valence-electron chi connectivity index (χ0n) is 13.2. The second kappa shape index (κ2) is 6.64. The molecule has 2 rings (SSSR count). The Hall–Kier alpha value is -2.14. The zero-order chi connectivity index (χ0) is 18.9. The molecule has 10 heteroatoms. The fourth-order valence-electron chi connectivity index (χ4n) is 2.26. The summed E-state index contributed by atoms with van der Waals surface area (Å²) in [5.41, 5.74) is 1.03. The first-order valence-corrected chi connectivity index (χ1v) is 9.55. The maximum Gasteiger partial charge on any atom is 0.262 e. The van der Waals surface area contributed by atoms with Crippen LogP contribution in [0.4, 0.5) is 0 Å². The van der Waals surface area contributed by atoms with Crippen molar-refractivity contribution < 1.29 is 34.3 Å². The van der Waals surface area contributed by atoms with Crippen LogP contribution in [0, 0.1) is 0 Å². The third kappa shape index (κ3) is 5.43. The molecule has 0 saturated carbocycles. The molecule has 0 radical (unpaired) electrons. The molecule has 0 N–H and O–H groups in total. The largest absolute Gasteiger partial charge is 0.716 e. The van der Waals surface area contributed by atoms with Gasteiger partial charge in [0, 0.05) is 5.41 Å². The van der Waals surface area contributed by atoms with Crippen LogP contribution in [-0.2, 0) is 26.2 Å². The van der Waals surface area contributed by atoms with E-state index in [4.69, 9.17) is 0 Å². The molecule has 0 fully saturated rings. The maximum atomic E-state index is 10.6. The molecule has 25 heavy (non-hydrogen) atoms. The van der Waals surface area contributed by atoms with Gasteiger partial charge < -0.3 is 17.5 Å². The molecular formula is C15H14O8S2-2. The SMILES string of the molecule is CC(C)(c1ccc(OS(=O)(=O)[O-])cc1)c1ccc(OS(=O)(=O)[O-])cc1. The summed E-state index contributed by atoms with van der Waals surface area (Å²) in [6.07, 6.45) is 0. The van der Waals surface area contributed by atoms with E-state index in [1.807, 2.05) is 13.8 Å². The van der Waals surface area contributed by atoms with E-state index in [-0.39, 0.29) is 11.5 Å². The van der Waals surface area contributed by atoms with Crippen molar-refractivity contribution in [3.8, 4) is 11.5 Å². The predicted octanol–water partition coefficient (Wildman–Crippen LogP) is 1.69. The summed E-state index contributed by atoms with van der Waals surface area (Å²) in [5, 5.41) is 0. The van der Waals surface area contributed by atoms with Gasteiger partial charge in [0.15, 0.2) is 0 Å². The fourth-order valence-corrected chi connectivity index (χ4v) is 2.95. The molecule has 0 unspecified atom stereocenters. The molecule has 136 valence electrons. The Morgan fingerprint density at radius 1 is 0.680 bits per heavy atom. The van der Waals surface area contributed by atoms with Gasteiger partial charge in [-0.1, -0.05) is 38.1 Å². The van der Waals surface area contributed by atoms with E-state index < -0.39 is 26.2 Å². The van der Waals surface area contributed by atoms with Crippen LogP contribution >= 0.6 is 0 Å². The monoisotopic (exact) mass is 386 g/mol. The summed E-state index contributed by atoms with van der Waals surface area (Å²) < 4.78 is 72.0. The summed E-state index contributed by atoms with van der Waals surface area (Å²) in [5.74, 6) is -0.196. The number of benzene rings is 2. The van der Waals surface area contributed by atoms with E-state index in [0.29, 0.717) is 0 Å². The summed E-state index contributed by atoms with van der Waals surface area (Å²) in [6, 6.07) is 11.8. The molecule has 0 atom stereocenters. The molecule has 0 amide bonds. The minimum absolute atomic E-state index is 0.0982. The van der Waals surface area contributed by atoms with Gasteiger partial charge in [-0.3, -0.25) is 0 Å². The first-order valence-electron chi connectivity index (χ1n) is 6.88. The number of hydrogen-bond donors (Lipinski definition) is 0. The fraction of sp³-hybridized carbons (Fsp3) is 0.200. The van der Waals surface area contributed by atoms with Gasteiger partial charge in [0.05, 0.1) is 0 Å². The van der Waals surface area contributed by atoms with Crippen LogP contribution in [0.15, 0.2) is 48.5 Å². The molecule has 0 aliphatic heterocycles. The first-order chi connectivity index (χ1) is 11.4. The highest BCUT2D eigenvalue weighted by atomic mass is 32.3. The Balaban J connectivity index is 2.25. The van der Waals surface area contributed by atoms with Gasteiger partial charge in [0.25, 0.3) is 20.8 Å². The molecule has 0 aliphatic rings. The Kier molecular flexibility index (Phi) is 5.09. The summed E-state index contributed by atoms with van der Waals surface area (Å²) in [6.45, 7) is 3.76. The average molecular weight is 386 g/mol. The third-order valence-electron chi connectivity index (χ3n) is 3.55. The summed E-state index contributed by atoms with van der Waals surface area (Å²) in [4.78, 5) is 0. The standard InChI is InChI=1S/C15H16O8S2/c1-15(2,11-3-7-13(8-4-11)22-24(16,17)18)12-5-9-14(10-6-12)23-25(19,20)21/h3-10H,1-2H3,(H,16,17,18)(H,19,20,21)/p-2. The Labute approximate surface area is 145 Å². The second-order valence-electron chi connectivity index (χ2n) is 5.66. The van der Waals surface area contributed by atoms with E-state index >= 15 is 0 Å². The van der Waals surface area contributed by atoms with Crippen LogP contribution in [0.1, 0.15) is 25.0 Å². The highest BCUT2D eigenvalue weighted by Crippen LogP contribution is 2.33. The van der Waals surface area contributed by atoms with E-state index in [0.717, 1.165) is 11.1 Å². The summed E-state index contributed by atoms with van der Waals surface area (Å²) >= 11 is 0. The van der Waals surface area contributed by atoms with Gasteiger partial charge in [-0.2, -0.15) is 0 Å². The lowest BCUT2D eigenvalue weighted by Gasteiger charge is -2.26. The van der Waals surface area contributed by atoms with Gasteiger partial charge in [0.1, 0.15) is 11.5 Å². The maximum absolute atomic E-state index is 10.6. The lowest BCUT2D eigenvalue weighted by atomic mass is 9.78. The zero-order valence-corrected chi connectivity index (χ0v) is 14.8. The van der Waals surface area contributed by atoms with Gasteiger partial charge in [-0.15, -0.1) is 0 Å². The molecule has 2 aromatic rings. The average Bonchev–Trinajstić information content (AvgIpc) is 2.45. The highest BCUT2D eigenvalue weighted by Gasteiger charge is 2.23. The Morgan fingerprint density at radius 3 is 1.20 bits per heavy atom. The van der Waals surface area contributed by atoms with E-state index in [2.05, 4.69) is 8.37 Å². The number of hydrogen-bond acceptors (Lipinski definition) is 8. The van der Waals surface area contributed by atoms with Gasteiger partial charge in [-0.25, -0.2) is 16.8 Å². The number of rotatable bonds is 6. The lowest BCUT2D eigenvalue weighted by Crippen LogP contribution is -2.19. The second-order valence-corrected chi connectivity index (χ2v) is 7.62. The Bertz CT molecular complexity index is 864. The van der Waals surface area contributed by atoms with Crippen LogP contribution < -0.4 is 8.37 Å². The smallest absolute Gasteiger partial charge is 0.262 e. The van der Waals surface area contributed by atoms with Gasteiger partial charge >= 0.3 is 0 Å². The van der Waals surface area contributed by atoms with Crippen molar-refractivity contribution in [2.24, 2.45) is 0 Å². The molecule has 8 nitrogen and oxygen atoms in total. The van der Waals surface area contributed by atoms with Crippen LogP contribution in [0.25, 0.3) is 0 Å². The third-order valence-corrected chi connectivity index (χ3v) is 4.34. The minimum Gasteiger partial charge on any atom is -0.716 e. The molecule has 0 bridgehead atoms. The topological polar surface area (TPSA) is 133 Å². The van der Waals surface area contributed by atoms with Crippen molar-refractivity contribution in [1.82, 2.24) is 0 Å². The van der Waals surface area contributed by atoms with Crippen molar-refractivity contribution in [3.63, 3.8) is 0 Å². The quantitative estimate of drug-likeness (QED) is 0.541. The van der Waals surface area contributed by atoms with Crippen LogP contribution in [-0.4, -0.2) is 25.9 Å². The van der Waals surface area contributed by atoms with E-state index in [9.17, 15) is 25.9 Å². The molecule has 0 aliphatic carbocycles. The van der Waals surface area contributed by atoms with Crippen LogP contribution in [0.5, 0.6) is 11.5 Å². The molecule has 0 saturated heterocycles. The highest BCUT2D eigenvalue weighted by molar-refractivity contribution is 7.81. The van der Waals surface area contributed by atoms with Gasteiger partial charge in [-0.05, 0) is 35.4 Å².